The first-order valence-corrected chi connectivity index (χ1v) is 7.12. The molecule has 0 atom stereocenters. The summed E-state index contributed by atoms with van der Waals surface area (Å²) in [5.41, 5.74) is 5.21. The van der Waals surface area contributed by atoms with E-state index >= 15 is 0 Å². The molecule has 2 aromatic rings. The molecular formula is C16H13BrN2O. The van der Waals surface area contributed by atoms with Crippen LogP contribution in [-0.4, -0.2) is 11.6 Å². The number of nitrogens with one attached hydrogen (secondary N) is 1. The van der Waals surface area contributed by atoms with Gasteiger partial charge in [-0.1, -0.05) is 28.1 Å². The highest BCUT2D eigenvalue weighted by molar-refractivity contribution is 9.10. The smallest absolute Gasteiger partial charge is 0.275 e. The molecule has 3 nitrogen and oxygen atoms in total. The number of carbonyl (C=O) groups is 1. The lowest BCUT2D eigenvalue weighted by molar-refractivity contribution is -0.110. The summed E-state index contributed by atoms with van der Waals surface area (Å²) >= 11 is 3.43. The largest absolute Gasteiger partial charge is 0.320 e. The van der Waals surface area contributed by atoms with Crippen molar-refractivity contribution in [2.75, 3.05) is 5.32 Å². The van der Waals surface area contributed by atoms with Gasteiger partial charge < -0.3 is 5.32 Å². The van der Waals surface area contributed by atoms with Gasteiger partial charge >= 0.3 is 0 Å². The maximum atomic E-state index is 12.1. The molecule has 100 valence electrons. The molecule has 1 aliphatic heterocycles. The van der Waals surface area contributed by atoms with Crippen LogP contribution in [-0.2, 0) is 4.79 Å². The number of fused-ring (bicyclic) bond motifs is 1. The molecule has 3 rings (SSSR count). The standard InChI is InChI=1S/C16H13BrN2O/c1-9-4-3-5-13(10(9)2)18-15-12-8-11(17)6-7-14(12)19-16(15)20/h3-8H,1-2H3,(H,18,19,20). The van der Waals surface area contributed by atoms with Crippen LogP contribution in [0.3, 0.4) is 0 Å². The zero-order valence-corrected chi connectivity index (χ0v) is 12.8. The SMILES string of the molecule is Cc1cccc(N=C2C(=O)Nc3ccc(Br)cc32)c1C. The molecule has 0 aliphatic carbocycles. The Bertz CT molecular complexity index is 750. The monoisotopic (exact) mass is 328 g/mol. The molecule has 1 heterocycles. The lowest BCUT2D eigenvalue weighted by Crippen LogP contribution is -2.14. The summed E-state index contributed by atoms with van der Waals surface area (Å²) in [7, 11) is 0. The van der Waals surface area contributed by atoms with Gasteiger partial charge in [-0.3, -0.25) is 4.79 Å². The van der Waals surface area contributed by atoms with Crippen molar-refractivity contribution >= 4 is 38.9 Å². The Hall–Kier alpha value is -1.94. The molecule has 0 saturated carbocycles. The van der Waals surface area contributed by atoms with Gasteiger partial charge in [0.25, 0.3) is 5.91 Å². The third kappa shape index (κ3) is 2.16. The Balaban J connectivity index is 2.15. The van der Waals surface area contributed by atoms with Crippen LogP contribution in [0.25, 0.3) is 0 Å². The maximum absolute atomic E-state index is 12.1. The normalized spacial score (nSPS) is 15.3. The number of aliphatic imine (C=N–C) groups is 1. The zero-order chi connectivity index (χ0) is 14.3. The fourth-order valence-electron chi connectivity index (χ4n) is 2.21. The van der Waals surface area contributed by atoms with Gasteiger partial charge in [-0.15, -0.1) is 0 Å². The summed E-state index contributed by atoms with van der Waals surface area (Å²) in [4.78, 5) is 16.7. The Kier molecular flexibility index (Phi) is 3.18. The second kappa shape index (κ2) is 4.87. The van der Waals surface area contributed by atoms with Gasteiger partial charge in [0.2, 0.25) is 0 Å². The van der Waals surface area contributed by atoms with E-state index in [-0.39, 0.29) is 5.91 Å². The quantitative estimate of drug-likeness (QED) is 0.839. The number of carbonyl (C=O) groups excluding carboxylic acids is 1. The molecule has 2 aromatic carbocycles. The van der Waals surface area contributed by atoms with Gasteiger partial charge in [0.15, 0.2) is 0 Å². The van der Waals surface area contributed by atoms with E-state index in [0.717, 1.165) is 27.0 Å². The predicted octanol–water partition coefficient (Wildman–Crippen LogP) is 4.14. The van der Waals surface area contributed by atoms with Crippen LogP contribution in [0.1, 0.15) is 16.7 Å². The van der Waals surface area contributed by atoms with Gasteiger partial charge in [-0.05, 0) is 49.2 Å². The van der Waals surface area contributed by atoms with Crippen molar-refractivity contribution < 1.29 is 4.79 Å². The summed E-state index contributed by atoms with van der Waals surface area (Å²) < 4.78 is 0.932. The van der Waals surface area contributed by atoms with Gasteiger partial charge in [-0.2, -0.15) is 0 Å². The van der Waals surface area contributed by atoms with E-state index in [1.165, 1.54) is 5.56 Å². The van der Waals surface area contributed by atoms with Gasteiger partial charge in [0, 0.05) is 10.0 Å². The number of benzene rings is 2. The number of anilines is 1. The van der Waals surface area contributed by atoms with Crippen molar-refractivity contribution in [2.24, 2.45) is 4.99 Å². The number of hydrogen-bond donors (Lipinski definition) is 1. The summed E-state index contributed by atoms with van der Waals surface area (Å²) in [6.07, 6.45) is 0. The molecule has 1 aliphatic rings. The van der Waals surface area contributed by atoms with E-state index in [9.17, 15) is 4.79 Å². The topological polar surface area (TPSA) is 41.5 Å². The first-order chi connectivity index (χ1) is 9.56. The lowest BCUT2D eigenvalue weighted by Gasteiger charge is -2.04. The van der Waals surface area contributed by atoms with Crippen LogP contribution in [0.4, 0.5) is 11.4 Å². The number of nitrogens with zero attached hydrogens (tertiary/aromatic N) is 1. The van der Waals surface area contributed by atoms with Crippen molar-refractivity contribution in [1.82, 2.24) is 0 Å². The molecule has 4 heteroatoms. The van der Waals surface area contributed by atoms with Crippen LogP contribution < -0.4 is 5.32 Å². The zero-order valence-electron chi connectivity index (χ0n) is 11.2. The second-order valence-electron chi connectivity index (χ2n) is 4.82. The number of amides is 1. The molecule has 0 bridgehead atoms. The average molecular weight is 329 g/mol. The van der Waals surface area contributed by atoms with E-state index in [4.69, 9.17) is 0 Å². The molecular weight excluding hydrogens is 316 g/mol. The van der Waals surface area contributed by atoms with Crippen molar-refractivity contribution in [3.05, 3.63) is 57.6 Å². The van der Waals surface area contributed by atoms with Crippen molar-refractivity contribution in [3.8, 4) is 0 Å². The van der Waals surface area contributed by atoms with Gasteiger partial charge in [-0.25, -0.2) is 4.99 Å². The third-order valence-corrected chi connectivity index (χ3v) is 4.00. The Labute approximate surface area is 125 Å². The average Bonchev–Trinajstić information content (AvgIpc) is 2.71. The molecule has 1 N–H and O–H groups in total. The van der Waals surface area contributed by atoms with Crippen LogP contribution >= 0.6 is 15.9 Å². The molecule has 1 amide bonds. The van der Waals surface area contributed by atoms with E-state index in [1.54, 1.807) is 0 Å². The minimum atomic E-state index is -0.154. The molecule has 0 aromatic heterocycles. The predicted molar refractivity (Wildman–Crippen MR) is 84.9 cm³/mol. The summed E-state index contributed by atoms with van der Waals surface area (Å²) in [6, 6.07) is 11.6. The number of hydrogen-bond acceptors (Lipinski definition) is 2. The summed E-state index contributed by atoms with van der Waals surface area (Å²) in [5, 5.41) is 2.84. The van der Waals surface area contributed by atoms with E-state index in [1.807, 2.05) is 50.2 Å². The fourth-order valence-corrected chi connectivity index (χ4v) is 2.57. The first-order valence-electron chi connectivity index (χ1n) is 6.32. The van der Waals surface area contributed by atoms with E-state index in [0.29, 0.717) is 5.71 Å². The highest BCUT2D eigenvalue weighted by Crippen LogP contribution is 2.30. The van der Waals surface area contributed by atoms with Gasteiger partial charge in [0.1, 0.15) is 5.71 Å². The van der Waals surface area contributed by atoms with Crippen LogP contribution in [0.2, 0.25) is 0 Å². The minimum absolute atomic E-state index is 0.154. The summed E-state index contributed by atoms with van der Waals surface area (Å²) in [6.45, 7) is 4.06. The Morgan fingerprint density at radius 3 is 2.75 bits per heavy atom. The first kappa shape index (κ1) is 13.1. The number of rotatable bonds is 1. The fraction of sp³-hybridized carbons (Fsp3) is 0.125. The van der Waals surface area contributed by atoms with Crippen molar-refractivity contribution in [1.29, 1.82) is 0 Å². The van der Waals surface area contributed by atoms with E-state index in [2.05, 4.69) is 26.2 Å². The third-order valence-electron chi connectivity index (χ3n) is 3.51. The van der Waals surface area contributed by atoms with Crippen LogP contribution in [0.5, 0.6) is 0 Å². The highest BCUT2D eigenvalue weighted by atomic mass is 79.9. The molecule has 0 unspecified atom stereocenters. The maximum Gasteiger partial charge on any atom is 0.275 e. The molecule has 0 fully saturated rings. The van der Waals surface area contributed by atoms with Crippen molar-refractivity contribution in [2.45, 2.75) is 13.8 Å². The minimum Gasteiger partial charge on any atom is -0.320 e. The number of halogens is 1. The van der Waals surface area contributed by atoms with Crippen molar-refractivity contribution in [3.63, 3.8) is 0 Å². The Morgan fingerprint density at radius 2 is 1.95 bits per heavy atom. The second-order valence-corrected chi connectivity index (χ2v) is 5.74. The number of aryl methyl sites for hydroxylation is 1. The highest BCUT2D eigenvalue weighted by Gasteiger charge is 2.26. The molecule has 20 heavy (non-hydrogen) atoms. The molecule has 0 saturated heterocycles. The molecule has 0 spiro atoms. The lowest BCUT2D eigenvalue weighted by atomic mass is 10.1. The Morgan fingerprint density at radius 1 is 1.15 bits per heavy atom. The summed E-state index contributed by atoms with van der Waals surface area (Å²) in [5.74, 6) is -0.154. The molecule has 0 radical (unpaired) electrons. The van der Waals surface area contributed by atoms with Crippen LogP contribution in [0, 0.1) is 13.8 Å². The van der Waals surface area contributed by atoms with E-state index < -0.39 is 0 Å². The van der Waals surface area contributed by atoms with Crippen LogP contribution in [0.15, 0.2) is 45.9 Å². The van der Waals surface area contributed by atoms with Gasteiger partial charge in [0.05, 0.1) is 11.4 Å².